The van der Waals surface area contributed by atoms with Gasteiger partial charge in [-0.3, -0.25) is 14.5 Å². The van der Waals surface area contributed by atoms with Crippen molar-refractivity contribution in [2.24, 2.45) is 17.8 Å². The Morgan fingerprint density at radius 3 is 2.68 bits per heavy atom. The van der Waals surface area contributed by atoms with Crippen LogP contribution in [0.1, 0.15) is 49.5 Å². The number of carbonyl (C=O) groups is 2. The average molecular weight is 522 g/mol. The summed E-state index contributed by atoms with van der Waals surface area (Å²) in [6.07, 6.45) is 6.49. The maximum Gasteiger partial charge on any atom is 0.234 e. The Kier molecular flexibility index (Phi) is 7.93. The monoisotopic (exact) mass is 521 g/mol. The molecule has 2 aliphatic heterocycles. The minimum absolute atomic E-state index is 0.0504. The fraction of sp³-hybridized carbons (Fsp3) is 0.467. The molecule has 4 atom stereocenters. The minimum Gasteiger partial charge on any atom is -0.508 e. The van der Waals surface area contributed by atoms with E-state index in [1.165, 1.54) is 16.0 Å². The lowest BCUT2D eigenvalue weighted by molar-refractivity contribution is -0.140. The second-order valence-electron chi connectivity index (χ2n) is 10.3. The van der Waals surface area contributed by atoms with Gasteiger partial charge in [-0.05, 0) is 66.0 Å². The molecule has 1 aromatic carbocycles. The number of benzene rings is 1. The van der Waals surface area contributed by atoms with Crippen molar-refractivity contribution in [3.05, 3.63) is 68.9 Å². The molecule has 0 radical (unpaired) electrons. The highest BCUT2D eigenvalue weighted by atomic mass is 32.1. The van der Waals surface area contributed by atoms with Crippen LogP contribution in [0.2, 0.25) is 0 Å². The summed E-state index contributed by atoms with van der Waals surface area (Å²) >= 11 is 1.57. The molecule has 1 aromatic heterocycles. The third-order valence-electron chi connectivity index (χ3n) is 7.87. The number of fused-ring (bicyclic) bond motifs is 3. The number of ether oxygens (including phenoxy) is 2. The average Bonchev–Trinajstić information content (AvgIpc) is 3.61. The van der Waals surface area contributed by atoms with E-state index in [-0.39, 0.29) is 41.4 Å². The van der Waals surface area contributed by atoms with Gasteiger partial charge in [0.2, 0.25) is 11.8 Å². The summed E-state index contributed by atoms with van der Waals surface area (Å²) in [4.78, 5) is 29.4. The maximum atomic E-state index is 13.5. The van der Waals surface area contributed by atoms with Crippen LogP contribution in [0.15, 0.2) is 58.5 Å². The summed E-state index contributed by atoms with van der Waals surface area (Å²) in [5, 5.41) is 11.6. The van der Waals surface area contributed by atoms with Crippen molar-refractivity contribution < 1.29 is 24.2 Å². The zero-order valence-electron chi connectivity index (χ0n) is 21.5. The number of methoxy groups -OCH3 is 1. The molecule has 2 fully saturated rings. The van der Waals surface area contributed by atoms with Crippen molar-refractivity contribution >= 4 is 29.2 Å². The van der Waals surface area contributed by atoms with Gasteiger partial charge in [0, 0.05) is 17.9 Å². The van der Waals surface area contributed by atoms with Gasteiger partial charge < -0.3 is 14.6 Å². The Morgan fingerprint density at radius 2 is 1.97 bits per heavy atom. The van der Waals surface area contributed by atoms with Crippen molar-refractivity contribution in [3.63, 3.8) is 0 Å². The number of thiophene rings is 1. The van der Waals surface area contributed by atoms with E-state index in [9.17, 15) is 14.7 Å². The van der Waals surface area contributed by atoms with Gasteiger partial charge in [0.05, 0.1) is 37.7 Å². The highest BCUT2D eigenvalue weighted by Crippen LogP contribution is 2.50. The first-order valence-corrected chi connectivity index (χ1v) is 14.1. The van der Waals surface area contributed by atoms with Crippen molar-refractivity contribution in [3.8, 4) is 5.75 Å². The standard InChI is InChI=1S/C30H35NO5S/c1-3-5-19(14-20-7-10-22(32)11-8-20)9-12-26-27-21(17-35-2)15-24-28(25(27)18-36-26)30(34)31(29(24)33)16-23-6-4-13-37-23/h4,6-8,10-11,13-14,24-26,28,32H,3,5,9,12,15-18H2,1-2H3/b19-14+/t24-,25+,26-,28-/m1/s1. The molecular formula is C30H35NO5S. The second kappa shape index (κ2) is 11.3. The molecule has 37 heavy (non-hydrogen) atoms. The van der Waals surface area contributed by atoms with Crippen molar-refractivity contribution in [1.29, 1.82) is 0 Å². The van der Waals surface area contributed by atoms with E-state index in [0.717, 1.165) is 41.7 Å². The van der Waals surface area contributed by atoms with Gasteiger partial charge in [-0.15, -0.1) is 11.3 Å². The normalized spacial score (nSPS) is 25.7. The molecule has 3 heterocycles. The van der Waals surface area contributed by atoms with Gasteiger partial charge >= 0.3 is 0 Å². The van der Waals surface area contributed by atoms with E-state index in [1.807, 2.05) is 29.6 Å². The lowest BCUT2D eigenvalue weighted by Gasteiger charge is -2.31. The Hall–Kier alpha value is -2.74. The summed E-state index contributed by atoms with van der Waals surface area (Å²) in [5.41, 5.74) is 4.75. The Morgan fingerprint density at radius 1 is 1.16 bits per heavy atom. The number of phenols is 1. The SMILES string of the molecule is CCC/C(=C\c1ccc(O)cc1)CC[C@H]1OC[C@H]2C1=C(COC)C[C@H]1C(=O)N(Cc3cccs3)C(=O)[C@H]12. The zero-order valence-corrected chi connectivity index (χ0v) is 22.3. The summed E-state index contributed by atoms with van der Waals surface area (Å²) in [6.45, 7) is 3.48. The minimum atomic E-state index is -0.337. The Bertz CT molecular complexity index is 1180. The van der Waals surface area contributed by atoms with E-state index < -0.39 is 0 Å². The van der Waals surface area contributed by atoms with Gasteiger partial charge in [-0.25, -0.2) is 0 Å². The number of aromatic hydroxyl groups is 1. The number of nitrogens with zero attached hydrogens (tertiary/aromatic N) is 1. The fourth-order valence-corrected chi connectivity index (χ4v) is 6.97. The summed E-state index contributed by atoms with van der Waals surface area (Å²) in [7, 11) is 1.68. The van der Waals surface area contributed by atoms with Crippen LogP contribution >= 0.6 is 11.3 Å². The number of hydrogen-bond donors (Lipinski definition) is 1. The molecule has 2 amide bonds. The van der Waals surface area contributed by atoms with Crippen molar-refractivity contribution in [1.82, 2.24) is 4.90 Å². The molecule has 5 rings (SSSR count). The lowest BCUT2D eigenvalue weighted by Crippen LogP contribution is -2.35. The third kappa shape index (κ3) is 5.31. The van der Waals surface area contributed by atoms with Crippen molar-refractivity contribution in [2.75, 3.05) is 20.3 Å². The molecule has 0 spiro atoms. The number of likely N-dealkylation sites (tertiary alicyclic amines) is 1. The summed E-state index contributed by atoms with van der Waals surface area (Å²) < 4.78 is 11.9. The largest absolute Gasteiger partial charge is 0.508 e. The number of imide groups is 1. The molecule has 1 aliphatic carbocycles. The fourth-order valence-electron chi connectivity index (χ4n) is 6.27. The molecule has 196 valence electrons. The molecule has 7 heteroatoms. The van der Waals surface area contributed by atoms with E-state index in [2.05, 4.69) is 13.0 Å². The van der Waals surface area contributed by atoms with Crippen LogP contribution in [0.4, 0.5) is 0 Å². The lowest BCUT2D eigenvalue weighted by atomic mass is 9.69. The third-order valence-corrected chi connectivity index (χ3v) is 8.74. The van der Waals surface area contributed by atoms with E-state index in [0.29, 0.717) is 26.2 Å². The summed E-state index contributed by atoms with van der Waals surface area (Å²) in [6, 6.07) is 11.2. The number of rotatable bonds is 10. The number of phenolic OH excluding ortho intramolecular Hbond substituents is 1. The first kappa shape index (κ1) is 25.9. The van der Waals surface area contributed by atoms with Crippen LogP contribution in [0.3, 0.4) is 0 Å². The highest BCUT2D eigenvalue weighted by Gasteiger charge is 2.56. The van der Waals surface area contributed by atoms with Gasteiger partial charge in [-0.2, -0.15) is 0 Å². The van der Waals surface area contributed by atoms with Crippen LogP contribution in [-0.4, -0.2) is 48.2 Å². The quantitative estimate of drug-likeness (QED) is 0.326. The number of amides is 2. The van der Waals surface area contributed by atoms with Crippen LogP contribution in [0, 0.1) is 17.8 Å². The zero-order chi connectivity index (χ0) is 25.9. The number of hydrogen-bond acceptors (Lipinski definition) is 6. The smallest absolute Gasteiger partial charge is 0.234 e. The molecule has 0 bridgehead atoms. The second-order valence-corrected chi connectivity index (χ2v) is 11.3. The first-order valence-electron chi connectivity index (χ1n) is 13.2. The topological polar surface area (TPSA) is 76.1 Å². The van der Waals surface area contributed by atoms with Crippen LogP contribution in [-0.2, 0) is 25.6 Å². The van der Waals surface area contributed by atoms with Gasteiger partial charge in [0.15, 0.2) is 0 Å². The summed E-state index contributed by atoms with van der Waals surface area (Å²) in [5.74, 6) is -0.558. The molecule has 2 saturated heterocycles. The van der Waals surface area contributed by atoms with Gasteiger partial charge in [0.1, 0.15) is 5.75 Å². The Balaban J connectivity index is 1.35. The van der Waals surface area contributed by atoms with Crippen LogP contribution in [0.5, 0.6) is 5.75 Å². The molecule has 3 aliphatic rings. The van der Waals surface area contributed by atoms with Crippen LogP contribution in [0.25, 0.3) is 6.08 Å². The predicted molar refractivity (Wildman–Crippen MR) is 144 cm³/mol. The molecule has 6 nitrogen and oxygen atoms in total. The Labute approximate surface area is 222 Å². The van der Waals surface area contributed by atoms with Crippen molar-refractivity contribution in [2.45, 2.75) is 51.7 Å². The van der Waals surface area contributed by atoms with Gasteiger partial charge in [-0.1, -0.05) is 43.2 Å². The van der Waals surface area contributed by atoms with E-state index in [1.54, 1.807) is 30.6 Å². The van der Waals surface area contributed by atoms with Gasteiger partial charge in [0.25, 0.3) is 0 Å². The highest BCUT2D eigenvalue weighted by molar-refractivity contribution is 7.09. The molecule has 0 saturated carbocycles. The molecule has 1 N–H and O–H groups in total. The van der Waals surface area contributed by atoms with E-state index >= 15 is 0 Å². The number of carbonyl (C=O) groups excluding carboxylic acids is 2. The molecule has 2 aromatic rings. The molecular weight excluding hydrogens is 486 g/mol. The van der Waals surface area contributed by atoms with E-state index in [4.69, 9.17) is 9.47 Å². The van der Waals surface area contributed by atoms with Crippen LogP contribution < -0.4 is 0 Å². The predicted octanol–water partition coefficient (Wildman–Crippen LogP) is 5.58. The molecule has 0 unspecified atom stereocenters. The maximum absolute atomic E-state index is 13.5. The number of allylic oxidation sites excluding steroid dienone is 1. The first-order chi connectivity index (χ1) is 18.0.